The molecule has 0 aliphatic rings. The SMILES string of the molecule is Cc1nc2ccccc2n(CCC#N)c1=O. The molecule has 2 rings (SSSR count). The summed E-state index contributed by atoms with van der Waals surface area (Å²) in [4.78, 5) is 16.1. The Hall–Kier alpha value is -2.15. The Balaban J connectivity index is 2.72. The molecular formula is C12H11N3O. The van der Waals surface area contributed by atoms with Gasteiger partial charge in [-0.3, -0.25) is 4.79 Å². The third-order valence-corrected chi connectivity index (χ3v) is 2.46. The summed E-state index contributed by atoms with van der Waals surface area (Å²) in [5.74, 6) is 0. The summed E-state index contributed by atoms with van der Waals surface area (Å²) in [7, 11) is 0. The molecule has 0 saturated carbocycles. The molecular weight excluding hydrogens is 202 g/mol. The van der Waals surface area contributed by atoms with Crippen LogP contribution in [0.15, 0.2) is 29.1 Å². The third-order valence-electron chi connectivity index (χ3n) is 2.46. The minimum atomic E-state index is -0.117. The van der Waals surface area contributed by atoms with E-state index in [4.69, 9.17) is 5.26 Å². The van der Waals surface area contributed by atoms with E-state index >= 15 is 0 Å². The van der Waals surface area contributed by atoms with Crippen molar-refractivity contribution in [1.82, 2.24) is 9.55 Å². The van der Waals surface area contributed by atoms with Gasteiger partial charge in [0.05, 0.1) is 23.5 Å². The molecule has 1 aromatic heterocycles. The van der Waals surface area contributed by atoms with Gasteiger partial charge in [-0.05, 0) is 19.1 Å². The van der Waals surface area contributed by atoms with Crippen molar-refractivity contribution >= 4 is 11.0 Å². The van der Waals surface area contributed by atoms with E-state index in [1.807, 2.05) is 30.3 Å². The molecule has 80 valence electrons. The van der Waals surface area contributed by atoms with Crippen LogP contribution in [-0.2, 0) is 6.54 Å². The lowest BCUT2D eigenvalue weighted by Gasteiger charge is -2.08. The van der Waals surface area contributed by atoms with Gasteiger partial charge in [-0.25, -0.2) is 4.98 Å². The van der Waals surface area contributed by atoms with Crippen molar-refractivity contribution in [3.05, 3.63) is 40.3 Å². The first-order valence-corrected chi connectivity index (χ1v) is 5.07. The summed E-state index contributed by atoms with van der Waals surface area (Å²) in [5.41, 5.74) is 1.93. The van der Waals surface area contributed by atoms with Gasteiger partial charge in [0.1, 0.15) is 5.69 Å². The van der Waals surface area contributed by atoms with Gasteiger partial charge in [-0.15, -0.1) is 0 Å². The number of rotatable bonds is 2. The van der Waals surface area contributed by atoms with Crippen molar-refractivity contribution in [2.75, 3.05) is 0 Å². The van der Waals surface area contributed by atoms with E-state index in [0.717, 1.165) is 11.0 Å². The van der Waals surface area contributed by atoms with E-state index in [-0.39, 0.29) is 5.56 Å². The predicted molar refractivity (Wildman–Crippen MR) is 61.0 cm³/mol. The maximum Gasteiger partial charge on any atom is 0.272 e. The summed E-state index contributed by atoms with van der Waals surface area (Å²) >= 11 is 0. The van der Waals surface area contributed by atoms with Gasteiger partial charge in [0.15, 0.2) is 0 Å². The molecule has 2 aromatic rings. The molecule has 0 aliphatic carbocycles. The third kappa shape index (κ3) is 1.68. The Kier molecular flexibility index (Phi) is 2.69. The molecule has 0 N–H and O–H groups in total. The number of para-hydroxylation sites is 2. The van der Waals surface area contributed by atoms with Crippen LogP contribution in [-0.4, -0.2) is 9.55 Å². The molecule has 0 saturated heterocycles. The van der Waals surface area contributed by atoms with Crippen LogP contribution in [0.1, 0.15) is 12.1 Å². The first kappa shape index (κ1) is 10.4. The van der Waals surface area contributed by atoms with Crippen molar-refractivity contribution < 1.29 is 0 Å². The number of benzene rings is 1. The van der Waals surface area contributed by atoms with E-state index in [9.17, 15) is 4.79 Å². The maximum atomic E-state index is 11.9. The highest BCUT2D eigenvalue weighted by molar-refractivity contribution is 5.74. The lowest BCUT2D eigenvalue weighted by molar-refractivity contribution is 0.702. The number of hydrogen-bond acceptors (Lipinski definition) is 3. The monoisotopic (exact) mass is 213 g/mol. The van der Waals surface area contributed by atoms with Crippen LogP contribution < -0.4 is 5.56 Å². The van der Waals surface area contributed by atoms with E-state index in [2.05, 4.69) is 4.98 Å². The second kappa shape index (κ2) is 4.15. The van der Waals surface area contributed by atoms with Crippen LogP contribution in [0.3, 0.4) is 0 Å². The molecule has 0 bridgehead atoms. The van der Waals surface area contributed by atoms with Gasteiger partial charge < -0.3 is 4.57 Å². The molecule has 0 fully saturated rings. The molecule has 0 amide bonds. The molecule has 1 aromatic carbocycles. The van der Waals surface area contributed by atoms with E-state index < -0.39 is 0 Å². The Morgan fingerprint density at radius 1 is 1.44 bits per heavy atom. The molecule has 4 nitrogen and oxygen atoms in total. The van der Waals surface area contributed by atoms with Crippen LogP contribution >= 0.6 is 0 Å². The quantitative estimate of drug-likeness (QED) is 0.761. The summed E-state index contributed by atoms with van der Waals surface area (Å²) in [6.45, 7) is 2.11. The van der Waals surface area contributed by atoms with Gasteiger partial charge >= 0.3 is 0 Å². The smallest absolute Gasteiger partial charge is 0.272 e. The molecule has 16 heavy (non-hydrogen) atoms. The second-order valence-corrected chi connectivity index (χ2v) is 3.55. The summed E-state index contributed by atoms with van der Waals surface area (Å²) in [6.07, 6.45) is 0.327. The molecule has 0 spiro atoms. The number of aromatic nitrogens is 2. The van der Waals surface area contributed by atoms with Crippen LogP contribution in [0.4, 0.5) is 0 Å². The maximum absolute atomic E-state index is 11.9. The van der Waals surface area contributed by atoms with E-state index in [1.165, 1.54) is 0 Å². The summed E-state index contributed by atoms with van der Waals surface area (Å²) in [6, 6.07) is 9.51. The zero-order valence-electron chi connectivity index (χ0n) is 8.97. The van der Waals surface area contributed by atoms with Crippen LogP contribution in [0.25, 0.3) is 11.0 Å². The van der Waals surface area contributed by atoms with Gasteiger partial charge in [-0.1, -0.05) is 12.1 Å². The number of aryl methyl sites for hydroxylation is 2. The fraction of sp³-hybridized carbons (Fsp3) is 0.250. The fourth-order valence-electron chi connectivity index (χ4n) is 1.70. The largest absolute Gasteiger partial charge is 0.304 e. The van der Waals surface area contributed by atoms with Gasteiger partial charge in [0, 0.05) is 6.54 Å². The topological polar surface area (TPSA) is 58.7 Å². The Labute approximate surface area is 92.8 Å². The zero-order valence-corrected chi connectivity index (χ0v) is 8.97. The molecule has 0 radical (unpaired) electrons. The molecule has 1 heterocycles. The average molecular weight is 213 g/mol. The van der Waals surface area contributed by atoms with Crippen molar-refractivity contribution in [3.63, 3.8) is 0 Å². The van der Waals surface area contributed by atoms with E-state index in [1.54, 1.807) is 11.5 Å². The lowest BCUT2D eigenvalue weighted by atomic mass is 10.2. The van der Waals surface area contributed by atoms with Crippen molar-refractivity contribution in [2.24, 2.45) is 0 Å². The molecule has 0 unspecified atom stereocenters. The minimum Gasteiger partial charge on any atom is -0.304 e. The predicted octanol–water partition coefficient (Wildman–Crippen LogP) is 1.62. The highest BCUT2D eigenvalue weighted by Crippen LogP contribution is 2.09. The first-order valence-electron chi connectivity index (χ1n) is 5.07. The highest BCUT2D eigenvalue weighted by atomic mass is 16.1. The van der Waals surface area contributed by atoms with Crippen LogP contribution in [0.2, 0.25) is 0 Å². The Morgan fingerprint density at radius 2 is 2.19 bits per heavy atom. The second-order valence-electron chi connectivity index (χ2n) is 3.55. The number of fused-ring (bicyclic) bond motifs is 1. The molecule has 4 heteroatoms. The van der Waals surface area contributed by atoms with Crippen LogP contribution in [0, 0.1) is 18.3 Å². The van der Waals surface area contributed by atoms with Gasteiger partial charge in [0.2, 0.25) is 0 Å². The number of nitriles is 1. The standard InChI is InChI=1S/C12H11N3O/c1-9-12(16)15(8-4-7-13)11-6-3-2-5-10(11)14-9/h2-3,5-6H,4,8H2,1H3. The van der Waals surface area contributed by atoms with Gasteiger partial charge in [-0.2, -0.15) is 5.26 Å². The lowest BCUT2D eigenvalue weighted by Crippen LogP contribution is -2.24. The molecule has 0 atom stereocenters. The van der Waals surface area contributed by atoms with Crippen molar-refractivity contribution in [2.45, 2.75) is 19.9 Å². The number of nitrogens with zero attached hydrogens (tertiary/aromatic N) is 3. The van der Waals surface area contributed by atoms with Gasteiger partial charge in [0.25, 0.3) is 5.56 Å². The van der Waals surface area contributed by atoms with Crippen LogP contribution in [0.5, 0.6) is 0 Å². The first-order chi connectivity index (χ1) is 7.74. The fourth-order valence-corrected chi connectivity index (χ4v) is 1.70. The van der Waals surface area contributed by atoms with Crippen molar-refractivity contribution in [3.8, 4) is 6.07 Å². The van der Waals surface area contributed by atoms with Crippen molar-refractivity contribution in [1.29, 1.82) is 5.26 Å². The summed E-state index contributed by atoms with van der Waals surface area (Å²) < 4.78 is 1.61. The average Bonchev–Trinajstić information content (AvgIpc) is 2.30. The zero-order chi connectivity index (χ0) is 11.5. The Bertz CT molecular complexity index is 622. The number of hydrogen-bond donors (Lipinski definition) is 0. The Morgan fingerprint density at radius 3 is 2.94 bits per heavy atom. The molecule has 0 aliphatic heterocycles. The van der Waals surface area contributed by atoms with E-state index in [0.29, 0.717) is 18.7 Å². The normalized spacial score (nSPS) is 10.2. The minimum absolute atomic E-state index is 0.117. The summed E-state index contributed by atoms with van der Waals surface area (Å²) in [5, 5.41) is 8.58. The highest BCUT2D eigenvalue weighted by Gasteiger charge is 2.06.